The number of carbonyl (C=O) groups excluding carboxylic acids is 1. The number of sulfonamides is 1. The van der Waals surface area contributed by atoms with Gasteiger partial charge in [-0.25, -0.2) is 8.42 Å². The molecule has 1 saturated heterocycles. The molecule has 0 aromatic heterocycles. The zero-order valence-electron chi connectivity index (χ0n) is 16.3. The first-order valence-corrected chi connectivity index (χ1v) is 10.9. The molecule has 8 heteroatoms. The molecule has 1 aliphatic heterocycles. The Kier molecular flexibility index (Phi) is 6.66. The lowest BCUT2D eigenvalue weighted by Gasteiger charge is -2.36. The number of piperazine rings is 1. The van der Waals surface area contributed by atoms with Crippen molar-refractivity contribution in [3.63, 3.8) is 0 Å². The van der Waals surface area contributed by atoms with Gasteiger partial charge in [-0.3, -0.25) is 9.69 Å². The first-order valence-electron chi connectivity index (χ1n) is 9.43. The third kappa shape index (κ3) is 4.52. The van der Waals surface area contributed by atoms with E-state index < -0.39 is 10.0 Å². The fraction of sp³-hybridized carbons (Fsp3) is 0.450. The molecule has 0 bridgehead atoms. The second-order valence-corrected chi connectivity index (χ2v) is 8.85. The number of carbonyl (C=O) groups is 1. The van der Waals surface area contributed by atoms with Crippen LogP contribution in [0.25, 0.3) is 10.8 Å². The maximum Gasteiger partial charge on any atom is 0.243 e. The van der Waals surface area contributed by atoms with Crippen molar-refractivity contribution >= 4 is 26.7 Å². The predicted octanol–water partition coefficient (Wildman–Crippen LogP) is 1.30. The van der Waals surface area contributed by atoms with Crippen molar-refractivity contribution < 1.29 is 17.9 Å². The van der Waals surface area contributed by atoms with Gasteiger partial charge in [0.15, 0.2) is 0 Å². The van der Waals surface area contributed by atoms with Crippen molar-refractivity contribution in [1.82, 2.24) is 14.5 Å². The number of nitrogens with one attached hydrogen (secondary N) is 1. The van der Waals surface area contributed by atoms with E-state index in [1.807, 2.05) is 42.2 Å². The Hall–Kier alpha value is -2.00. The van der Waals surface area contributed by atoms with E-state index in [0.717, 1.165) is 10.8 Å². The quantitative estimate of drug-likeness (QED) is 0.703. The van der Waals surface area contributed by atoms with Crippen molar-refractivity contribution in [3.8, 4) is 0 Å². The summed E-state index contributed by atoms with van der Waals surface area (Å²) in [6.45, 7) is 4.55. The minimum absolute atomic E-state index is 0.0668. The number of benzene rings is 2. The highest BCUT2D eigenvalue weighted by atomic mass is 32.2. The molecular formula is C20H27N3O4S. The molecule has 0 aliphatic carbocycles. The monoisotopic (exact) mass is 405 g/mol. The van der Waals surface area contributed by atoms with Gasteiger partial charge in [-0.2, -0.15) is 4.31 Å². The molecule has 0 spiro atoms. The van der Waals surface area contributed by atoms with E-state index in [1.165, 1.54) is 4.31 Å². The van der Waals surface area contributed by atoms with Crippen LogP contribution in [0.5, 0.6) is 0 Å². The lowest BCUT2D eigenvalue weighted by atomic mass is 10.1. The summed E-state index contributed by atoms with van der Waals surface area (Å²) in [4.78, 5) is 14.5. The second-order valence-electron chi connectivity index (χ2n) is 6.91. The molecule has 1 amide bonds. The Labute approximate surface area is 166 Å². The Morgan fingerprint density at radius 3 is 2.46 bits per heavy atom. The summed E-state index contributed by atoms with van der Waals surface area (Å²) in [5.74, 6) is -0.0668. The zero-order chi connectivity index (χ0) is 20.1. The molecule has 1 aliphatic rings. The van der Waals surface area contributed by atoms with Gasteiger partial charge < -0.3 is 10.1 Å². The van der Waals surface area contributed by atoms with Gasteiger partial charge in [0.25, 0.3) is 0 Å². The van der Waals surface area contributed by atoms with E-state index in [2.05, 4.69) is 5.32 Å². The van der Waals surface area contributed by atoms with Crippen LogP contribution in [0.2, 0.25) is 0 Å². The minimum atomic E-state index is -3.55. The largest absolute Gasteiger partial charge is 0.383 e. The molecule has 1 heterocycles. The standard InChI is InChI=1S/C20H27N3O4S/c1-16(20(24)21-9-14-27-2)22-10-12-23(13-11-22)28(25,26)19-8-7-17-5-3-4-6-18(17)15-19/h3-8,15-16H,9-14H2,1-2H3,(H,21,24)/t16-/m0/s1. The number of amides is 1. The molecule has 1 atom stereocenters. The number of fused-ring (bicyclic) bond motifs is 1. The van der Waals surface area contributed by atoms with Gasteiger partial charge in [0, 0.05) is 39.8 Å². The Bertz CT molecular complexity index is 924. The molecule has 2 aromatic rings. The third-order valence-corrected chi connectivity index (χ3v) is 7.06. The highest BCUT2D eigenvalue weighted by molar-refractivity contribution is 7.89. The van der Waals surface area contributed by atoms with Gasteiger partial charge in [-0.15, -0.1) is 0 Å². The average molecular weight is 406 g/mol. The van der Waals surface area contributed by atoms with Crippen LogP contribution < -0.4 is 5.32 Å². The van der Waals surface area contributed by atoms with E-state index >= 15 is 0 Å². The SMILES string of the molecule is COCCNC(=O)[C@H](C)N1CCN(S(=O)(=O)c2ccc3ccccc3c2)CC1. The van der Waals surface area contributed by atoms with Gasteiger partial charge in [-0.1, -0.05) is 30.3 Å². The number of nitrogens with zero attached hydrogens (tertiary/aromatic N) is 2. The molecule has 3 rings (SSSR count). The van der Waals surface area contributed by atoms with Crippen molar-refractivity contribution in [3.05, 3.63) is 42.5 Å². The fourth-order valence-corrected chi connectivity index (χ4v) is 4.86. The summed E-state index contributed by atoms with van der Waals surface area (Å²) in [5, 5.41) is 4.75. The molecule has 1 fully saturated rings. The van der Waals surface area contributed by atoms with Crippen molar-refractivity contribution in [2.45, 2.75) is 17.9 Å². The number of ether oxygens (including phenoxy) is 1. The van der Waals surface area contributed by atoms with Gasteiger partial charge in [0.2, 0.25) is 15.9 Å². The Morgan fingerprint density at radius 1 is 1.11 bits per heavy atom. The van der Waals surface area contributed by atoms with Gasteiger partial charge in [-0.05, 0) is 29.8 Å². The molecule has 0 saturated carbocycles. The van der Waals surface area contributed by atoms with E-state index in [0.29, 0.717) is 44.2 Å². The number of methoxy groups -OCH3 is 1. The highest BCUT2D eigenvalue weighted by Gasteiger charge is 2.31. The molecule has 7 nitrogen and oxygen atoms in total. The van der Waals surface area contributed by atoms with Crippen molar-refractivity contribution in [2.24, 2.45) is 0 Å². The molecule has 0 unspecified atom stereocenters. The molecule has 1 N–H and O–H groups in total. The smallest absolute Gasteiger partial charge is 0.243 e. The summed E-state index contributed by atoms with van der Waals surface area (Å²) < 4.78 is 32.5. The Balaban J connectivity index is 1.63. The summed E-state index contributed by atoms with van der Waals surface area (Å²) in [6.07, 6.45) is 0. The van der Waals surface area contributed by atoms with Crippen molar-refractivity contribution in [1.29, 1.82) is 0 Å². The van der Waals surface area contributed by atoms with E-state index in [1.54, 1.807) is 19.2 Å². The normalized spacial score (nSPS) is 17.5. The predicted molar refractivity (Wildman–Crippen MR) is 109 cm³/mol. The van der Waals surface area contributed by atoms with Gasteiger partial charge in [0.05, 0.1) is 17.5 Å². The highest BCUT2D eigenvalue weighted by Crippen LogP contribution is 2.23. The molecule has 28 heavy (non-hydrogen) atoms. The van der Waals surface area contributed by atoms with Crippen LogP contribution in [-0.2, 0) is 19.6 Å². The second kappa shape index (κ2) is 9.00. The fourth-order valence-electron chi connectivity index (χ4n) is 3.40. The minimum Gasteiger partial charge on any atom is -0.383 e. The average Bonchev–Trinajstić information content (AvgIpc) is 2.73. The first kappa shape index (κ1) is 20.7. The van der Waals surface area contributed by atoms with Gasteiger partial charge in [0.1, 0.15) is 0 Å². The lowest BCUT2D eigenvalue weighted by molar-refractivity contribution is -0.126. The lowest BCUT2D eigenvalue weighted by Crippen LogP contribution is -2.55. The van der Waals surface area contributed by atoms with E-state index in [9.17, 15) is 13.2 Å². The summed E-state index contributed by atoms with van der Waals surface area (Å²) >= 11 is 0. The first-order chi connectivity index (χ1) is 13.4. The maximum atomic E-state index is 13.0. The van der Waals surface area contributed by atoms with Gasteiger partial charge >= 0.3 is 0 Å². The number of rotatable bonds is 7. The third-order valence-electron chi connectivity index (χ3n) is 5.16. The van der Waals surface area contributed by atoms with Crippen LogP contribution in [0.1, 0.15) is 6.92 Å². The Morgan fingerprint density at radius 2 is 1.79 bits per heavy atom. The summed E-state index contributed by atoms with van der Waals surface area (Å²) in [5.41, 5.74) is 0. The van der Waals surface area contributed by atoms with Crippen LogP contribution in [0, 0.1) is 0 Å². The number of hydrogen-bond acceptors (Lipinski definition) is 5. The van der Waals surface area contributed by atoms with E-state index in [4.69, 9.17) is 4.74 Å². The molecule has 2 aromatic carbocycles. The van der Waals surface area contributed by atoms with Crippen LogP contribution >= 0.6 is 0 Å². The van der Waals surface area contributed by atoms with Crippen LogP contribution in [0.15, 0.2) is 47.4 Å². The summed E-state index contributed by atoms with van der Waals surface area (Å²) in [7, 11) is -1.96. The molecular weight excluding hydrogens is 378 g/mol. The van der Waals surface area contributed by atoms with Crippen LogP contribution in [-0.4, -0.2) is 76.0 Å². The molecule has 0 radical (unpaired) electrons. The number of hydrogen-bond donors (Lipinski definition) is 1. The van der Waals surface area contributed by atoms with E-state index in [-0.39, 0.29) is 11.9 Å². The van der Waals surface area contributed by atoms with Crippen LogP contribution in [0.4, 0.5) is 0 Å². The topological polar surface area (TPSA) is 79.0 Å². The zero-order valence-corrected chi connectivity index (χ0v) is 17.1. The van der Waals surface area contributed by atoms with Crippen molar-refractivity contribution in [2.75, 3.05) is 46.4 Å². The summed E-state index contributed by atoms with van der Waals surface area (Å²) in [6, 6.07) is 12.6. The maximum absolute atomic E-state index is 13.0. The van der Waals surface area contributed by atoms with Crippen LogP contribution in [0.3, 0.4) is 0 Å². The molecule has 152 valence electrons.